The number of nitrogens with zero attached hydrogens (tertiary/aromatic N) is 1. The molecule has 1 aromatic rings. The van der Waals surface area contributed by atoms with Crippen molar-refractivity contribution < 1.29 is 24.6 Å². The fourth-order valence-electron chi connectivity index (χ4n) is 1.91. The second-order valence-electron chi connectivity index (χ2n) is 3.98. The third kappa shape index (κ3) is 2.04. The molecule has 1 aromatic carbocycles. The maximum Gasteiger partial charge on any atom is 0.337 e. The maximum atomic E-state index is 11.7. The maximum absolute atomic E-state index is 11.7. The molecular weight excluding hydrogens is 238 g/mol. The van der Waals surface area contributed by atoms with Gasteiger partial charge in [0.25, 0.3) is 0 Å². The van der Waals surface area contributed by atoms with Crippen molar-refractivity contribution in [2.45, 2.75) is 19.3 Å². The zero-order chi connectivity index (χ0) is 13.3. The van der Waals surface area contributed by atoms with E-state index in [4.69, 9.17) is 5.11 Å². The van der Waals surface area contributed by atoms with Gasteiger partial charge in [0, 0.05) is 12.8 Å². The van der Waals surface area contributed by atoms with Crippen molar-refractivity contribution in [1.82, 2.24) is 0 Å². The Morgan fingerprint density at radius 2 is 1.78 bits per heavy atom. The Labute approximate surface area is 102 Å². The number of phenolic OH excluding ortho intramolecular Hbond substituents is 1. The first-order valence-electron chi connectivity index (χ1n) is 5.43. The van der Waals surface area contributed by atoms with E-state index >= 15 is 0 Å². The third-order valence-corrected chi connectivity index (χ3v) is 2.73. The number of benzene rings is 1. The molecule has 0 aliphatic carbocycles. The molecule has 0 saturated carbocycles. The minimum atomic E-state index is -1.30. The van der Waals surface area contributed by atoms with Crippen LogP contribution in [0.4, 0.5) is 5.69 Å². The second-order valence-corrected chi connectivity index (χ2v) is 3.98. The molecule has 18 heavy (non-hydrogen) atoms. The highest BCUT2D eigenvalue weighted by molar-refractivity contribution is 6.18. The Kier molecular flexibility index (Phi) is 3.01. The van der Waals surface area contributed by atoms with Crippen LogP contribution in [0.15, 0.2) is 18.2 Å². The summed E-state index contributed by atoms with van der Waals surface area (Å²) in [6.45, 7) is 0. The smallest absolute Gasteiger partial charge is 0.337 e. The number of anilines is 1. The Balaban J connectivity index is 2.52. The normalized spacial score (nSPS) is 15.9. The van der Waals surface area contributed by atoms with Gasteiger partial charge in [-0.25, -0.2) is 9.69 Å². The highest BCUT2D eigenvalue weighted by Crippen LogP contribution is 2.28. The number of aromatic carboxylic acids is 1. The van der Waals surface area contributed by atoms with Crippen LogP contribution in [-0.4, -0.2) is 28.0 Å². The number of amides is 2. The third-order valence-electron chi connectivity index (χ3n) is 2.73. The average molecular weight is 249 g/mol. The minimum Gasteiger partial charge on any atom is -0.508 e. The van der Waals surface area contributed by atoms with Crippen molar-refractivity contribution in [2.75, 3.05) is 4.90 Å². The lowest BCUT2D eigenvalue weighted by molar-refractivity contribution is -0.129. The molecule has 2 rings (SSSR count). The van der Waals surface area contributed by atoms with E-state index in [1.165, 1.54) is 12.1 Å². The average Bonchev–Trinajstić information content (AvgIpc) is 2.30. The summed E-state index contributed by atoms with van der Waals surface area (Å²) >= 11 is 0. The van der Waals surface area contributed by atoms with Gasteiger partial charge in [0.15, 0.2) is 0 Å². The first kappa shape index (κ1) is 12.1. The molecule has 1 heterocycles. The largest absolute Gasteiger partial charge is 0.508 e. The molecule has 1 saturated heterocycles. The van der Waals surface area contributed by atoms with E-state index in [9.17, 15) is 19.5 Å². The Hall–Kier alpha value is -2.37. The van der Waals surface area contributed by atoms with E-state index in [1.807, 2.05) is 0 Å². The van der Waals surface area contributed by atoms with Crippen molar-refractivity contribution in [1.29, 1.82) is 0 Å². The molecule has 1 aliphatic heterocycles. The van der Waals surface area contributed by atoms with E-state index in [-0.39, 0.29) is 29.8 Å². The molecule has 2 amide bonds. The molecule has 6 nitrogen and oxygen atoms in total. The highest BCUT2D eigenvalue weighted by Gasteiger charge is 2.30. The lowest BCUT2D eigenvalue weighted by Crippen LogP contribution is -2.41. The van der Waals surface area contributed by atoms with E-state index in [0.717, 1.165) is 11.0 Å². The van der Waals surface area contributed by atoms with Gasteiger partial charge in [-0.15, -0.1) is 0 Å². The van der Waals surface area contributed by atoms with Crippen LogP contribution in [0.2, 0.25) is 0 Å². The van der Waals surface area contributed by atoms with Crippen molar-refractivity contribution in [2.24, 2.45) is 0 Å². The Bertz CT molecular complexity index is 521. The number of hydrogen-bond donors (Lipinski definition) is 2. The predicted octanol–water partition coefficient (Wildman–Crippen LogP) is 1.13. The van der Waals surface area contributed by atoms with Crippen molar-refractivity contribution >= 4 is 23.5 Å². The number of rotatable bonds is 2. The van der Waals surface area contributed by atoms with Crippen LogP contribution in [0.1, 0.15) is 29.6 Å². The number of aromatic hydroxyl groups is 1. The van der Waals surface area contributed by atoms with E-state index in [2.05, 4.69) is 0 Å². The second kappa shape index (κ2) is 4.48. The fraction of sp³-hybridized carbons (Fsp3) is 0.250. The van der Waals surface area contributed by atoms with Gasteiger partial charge in [-0.2, -0.15) is 0 Å². The lowest BCUT2D eigenvalue weighted by Gasteiger charge is -2.26. The summed E-state index contributed by atoms with van der Waals surface area (Å²) < 4.78 is 0. The number of imide groups is 1. The lowest BCUT2D eigenvalue weighted by atomic mass is 10.1. The van der Waals surface area contributed by atoms with Crippen molar-refractivity contribution in [3.63, 3.8) is 0 Å². The fourth-order valence-corrected chi connectivity index (χ4v) is 1.91. The molecule has 0 atom stereocenters. The summed E-state index contributed by atoms with van der Waals surface area (Å²) in [6.07, 6.45) is 0.909. The van der Waals surface area contributed by atoms with Gasteiger partial charge in [0.05, 0.1) is 11.3 Å². The number of carbonyl (C=O) groups excluding carboxylic acids is 2. The van der Waals surface area contributed by atoms with Crippen LogP contribution < -0.4 is 4.90 Å². The summed E-state index contributed by atoms with van der Waals surface area (Å²) in [5, 5.41) is 18.3. The summed E-state index contributed by atoms with van der Waals surface area (Å²) in [7, 11) is 0. The molecular formula is C12H11NO5. The number of carbonyl (C=O) groups is 3. The summed E-state index contributed by atoms with van der Waals surface area (Å²) in [6, 6.07) is 3.53. The molecule has 0 radical (unpaired) electrons. The van der Waals surface area contributed by atoms with Gasteiger partial charge in [0.2, 0.25) is 11.8 Å². The van der Waals surface area contributed by atoms with Gasteiger partial charge in [-0.05, 0) is 24.6 Å². The van der Waals surface area contributed by atoms with Gasteiger partial charge < -0.3 is 10.2 Å². The summed E-state index contributed by atoms with van der Waals surface area (Å²) in [5.41, 5.74) is -0.256. The predicted molar refractivity (Wildman–Crippen MR) is 61.4 cm³/mol. The van der Waals surface area contributed by atoms with E-state index in [0.29, 0.717) is 6.42 Å². The zero-order valence-electron chi connectivity index (χ0n) is 9.42. The van der Waals surface area contributed by atoms with Gasteiger partial charge in [-0.3, -0.25) is 9.59 Å². The summed E-state index contributed by atoms with van der Waals surface area (Å²) in [4.78, 5) is 35.4. The molecule has 2 N–H and O–H groups in total. The van der Waals surface area contributed by atoms with Crippen LogP contribution >= 0.6 is 0 Å². The van der Waals surface area contributed by atoms with Gasteiger partial charge >= 0.3 is 5.97 Å². The Morgan fingerprint density at radius 3 is 2.33 bits per heavy atom. The van der Waals surface area contributed by atoms with E-state index in [1.54, 1.807) is 0 Å². The highest BCUT2D eigenvalue weighted by atomic mass is 16.4. The number of carboxylic acid groups (broad SMARTS) is 1. The first-order chi connectivity index (χ1) is 8.50. The van der Waals surface area contributed by atoms with E-state index < -0.39 is 17.8 Å². The van der Waals surface area contributed by atoms with Crippen LogP contribution in [0, 0.1) is 0 Å². The van der Waals surface area contributed by atoms with Crippen LogP contribution in [0.3, 0.4) is 0 Å². The van der Waals surface area contributed by atoms with Crippen LogP contribution in [-0.2, 0) is 9.59 Å². The van der Waals surface area contributed by atoms with Gasteiger partial charge in [0.1, 0.15) is 5.75 Å². The van der Waals surface area contributed by atoms with Crippen LogP contribution in [0.25, 0.3) is 0 Å². The monoisotopic (exact) mass is 249 g/mol. The number of phenols is 1. The molecule has 0 aromatic heterocycles. The summed E-state index contributed by atoms with van der Waals surface area (Å²) in [5.74, 6) is -2.36. The number of carboxylic acids is 1. The van der Waals surface area contributed by atoms with Crippen molar-refractivity contribution in [3.05, 3.63) is 23.8 Å². The SMILES string of the molecule is O=C(O)c1cc(O)ccc1N1C(=O)CCCC1=O. The Morgan fingerprint density at radius 1 is 1.17 bits per heavy atom. The number of hydrogen-bond acceptors (Lipinski definition) is 4. The quantitative estimate of drug-likeness (QED) is 0.766. The number of piperidine rings is 1. The molecule has 6 heteroatoms. The van der Waals surface area contributed by atoms with Crippen LogP contribution in [0.5, 0.6) is 5.75 Å². The van der Waals surface area contributed by atoms with Gasteiger partial charge in [-0.1, -0.05) is 0 Å². The first-order valence-corrected chi connectivity index (χ1v) is 5.43. The molecule has 1 aliphatic rings. The molecule has 94 valence electrons. The molecule has 0 bridgehead atoms. The zero-order valence-corrected chi connectivity index (χ0v) is 9.42. The van der Waals surface area contributed by atoms with Crippen molar-refractivity contribution in [3.8, 4) is 5.75 Å². The minimum absolute atomic E-state index is 0.00926. The molecule has 1 fully saturated rings. The molecule has 0 unspecified atom stereocenters. The standard InChI is InChI=1S/C12H11NO5/c14-7-4-5-9(8(6-7)12(17)18)13-10(15)2-1-3-11(13)16/h4-6,14H,1-3H2,(H,17,18). The topological polar surface area (TPSA) is 94.9 Å². The molecule has 0 spiro atoms.